The summed E-state index contributed by atoms with van der Waals surface area (Å²) in [5.41, 5.74) is 0.718. The molecule has 4 aromatic rings. The summed E-state index contributed by atoms with van der Waals surface area (Å²) in [6.45, 7) is 6.65. The van der Waals surface area contributed by atoms with Gasteiger partial charge in [-0.25, -0.2) is 22.6 Å². The Kier molecular flexibility index (Phi) is 11.5. The van der Waals surface area contributed by atoms with E-state index in [2.05, 4.69) is 10.4 Å². The van der Waals surface area contributed by atoms with Gasteiger partial charge in [0.2, 0.25) is 5.28 Å². The molecule has 0 saturated heterocycles. The lowest BCUT2D eigenvalue weighted by Gasteiger charge is -2.24. The zero-order chi connectivity index (χ0) is 36.8. The first kappa shape index (κ1) is 37.4. The molecule has 1 aromatic heterocycles. The molecule has 1 N–H and O–H groups in total. The Hall–Kier alpha value is -5.45. The largest absolute Gasteiger partial charge is 0.569 e. The lowest BCUT2D eigenvalue weighted by molar-refractivity contribution is -0.712. The van der Waals surface area contributed by atoms with Crippen LogP contribution in [0.25, 0.3) is 16.9 Å². The molecule has 0 aliphatic carbocycles. The number of halogens is 3. The average molecular weight is 717 g/mol. The Morgan fingerprint density at radius 1 is 1.02 bits per heavy atom. The van der Waals surface area contributed by atoms with Crippen LogP contribution in [0.5, 0.6) is 0 Å². The van der Waals surface area contributed by atoms with Crippen LogP contribution in [0, 0.1) is 18.0 Å². The predicted octanol–water partition coefficient (Wildman–Crippen LogP) is 6.03. The van der Waals surface area contributed by atoms with Crippen molar-refractivity contribution in [2.75, 3.05) is 7.05 Å². The van der Waals surface area contributed by atoms with Crippen molar-refractivity contribution in [3.63, 3.8) is 0 Å². The van der Waals surface area contributed by atoms with Crippen molar-refractivity contribution in [1.82, 2.24) is 19.5 Å². The number of aromatic nitrogens is 2. The molecule has 0 fully saturated rings. The van der Waals surface area contributed by atoms with Crippen LogP contribution in [0.2, 0.25) is 0 Å². The molecular weight excluding hydrogens is 681 g/mol. The number of esters is 1. The van der Waals surface area contributed by atoms with Crippen molar-refractivity contribution in [2.24, 2.45) is 11.2 Å². The van der Waals surface area contributed by atoms with Gasteiger partial charge >= 0.3 is 12.1 Å². The molecule has 4 rings (SSSR count). The Balaban J connectivity index is 1.50. The number of rotatable bonds is 13. The number of benzene rings is 3. The van der Waals surface area contributed by atoms with Crippen molar-refractivity contribution in [3.05, 3.63) is 107 Å². The van der Waals surface area contributed by atoms with Gasteiger partial charge in [0.15, 0.2) is 11.7 Å². The van der Waals surface area contributed by atoms with Crippen LogP contribution in [0.3, 0.4) is 0 Å². The quantitative estimate of drug-likeness (QED) is 0.0573. The lowest BCUT2D eigenvalue weighted by atomic mass is 10.0. The Morgan fingerprint density at radius 2 is 1.64 bits per heavy atom. The van der Waals surface area contributed by atoms with Crippen LogP contribution in [-0.4, -0.2) is 59.4 Å². The van der Waals surface area contributed by atoms with Crippen molar-refractivity contribution in [3.8, 4) is 16.9 Å². The zero-order valence-corrected chi connectivity index (χ0v) is 28.5. The SMILES string of the molecule is Cc1ccc(-c2cc(C(F)(F)F)nn2-c2ccc(S(=O)(=O)NC(=O)[C@H](CC(C)C)N(C)/[N+]([O-])=N\OC(C)OC(=O)c3ccccc3)cc2)cc1. The van der Waals surface area contributed by atoms with Crippen LogP contribution in [0.15, 0.2) is 95.1 Å². The third-order valence-corrected chi connectivity index (χ3v) is 8.60. The number of hydrogen-bond acceptors (Lipinski definition) is 9. The highest BCUT2D eigenvalue weighted by Gasteiger charge is 2.36. The van der Waals surface area contributed by atoms with E-state index in [1.165, 1.54) is 38.2 Å². The van der Waals surface area contributed by atoms with E-state index >= 15 is 0 Å². The molecular formula is C33H35F3N6O7S. The lowest BCUT2D eigenvalue weighted by Crippen LogP contribution is -2.49. The second-order valence-electron chi connectivity index (χ2n) is 11.7. The molecule has 17 heteroatoms. The van der Waals surface area contributed by atoms with Gasteiger partial charge in [-0.2, -0.15) is 18.3 Å². The minimum atomic E-state index is -4.73. The van der Waals surface area contributed by atoms with Gasteiger partial charge in [-0.1, -0.05) is 61.9 Å². The first-order valence-corrected chi connectivity index (χ1v) is 16.7. The molecule has 0 aliphatic heterocycles. The normalized spacial score (nSPS) is 13.4. The standard InChI is InChI=1S/C33H35F3N6O7S/c1-21(2)19-29(40(5)42(45)39-49-23(4)48-32(44)25-9-7-6-8-10-25)31(43)38-50(46,47)27-17-15-26(16-18-27)41-28(20-30(37-41)33(34,35)36)24-13-11-22(3)12-14-24/h6-18,20-21,23,29H,19H2,1-5H3,(H,38,43)/b42-39+/t23?,29-/m0/s1. The summed E-state index contributed by atoms with van der Waals surface area (Å²) in [6.07, 6.45) is -6.00. The van der Waals surface area contributed by atoms with Gasteiger partial charge in [-0.05, 0) is 61.7 Å². The van der Waals surface area contributed by atoms with Crippen LogP contribution < -0.4 is 4.72 Å². The molecule has 13 nitrogen and oxygen atoms in total. The number of nitrogens with zero attached hydrogens (tertiary/aromatic N) is 5. The summed E-state index contributed by atoms with van der Waals surface area (Å²) in [5.74, 6) is -1.97. The maximum absolute atomic E-state index is 13.6. The van der Waals surface area contributed by atoms with Gasteiger partial charge in [0.1, 0.15) is 0 Å². The highest BCUT2D eigenvalue weighted by atomic mass is 32.2. The van der Waals surface area contributed by atoms with Gasteiger partial charge in [0.05, 0.1) is 33.9 Å². The fraction of sp³-hybridized carbons (Fsp3) is 0.303. The molecule has 0 bridgehead atoms. The van der Waals surface area contributed by atoms with Crippen molar-refractivity contribution in [2.45, 2.75) is 57.5 Å². The van der Waals surface area contributed by atoms with E-state index in [0.717, 1.165) is 33.5 Å². The number of hydrogen-bond donors (Lipinski definition) is 1. The Bertz CT molecular complexity index is 1930. The number of nitrogens with one attached hydrogen (secondary N) is 1. The van der Waals surface area contributed by atoms with Crippen LogP contribution in [0.1, 0.15) is 48.8 Å². The minimum Gasteiger partial charge on any atom is -0.569 e. The van der Waals surface area contributed by atoms with E-state index in [-0.39, 0.29) is 39.1 Å². The molecule has 2 atom stereocenters. The summed E-state index contributed by atoms with van der Waals surface area (Å²) < 4.78 is 75.4. The third-order valence-electron chi connectivity index (χ3n) is 7.24. The first-order chi connectivity index (χ1) is 23.5. The number of amides is 1. The second-order valence-corrected chi connectivity index (χ2v) is 13.3. The average Bonchev–Trinajstić information content (AvgIpc) is 3.53. The van der Waals surface area contributed by atoms with Gasteiger partial charge < -0.3 is 9.94 Å². The summed E-state index contributed by atoms with van der Waals surface area (Å²) in [4.78, 5) is 30.0. The summed E-state index contributed by atoms with van der Waals surface area (Å²) in [7, 11) is -3.33. The monoisotopic (exact) mass is 716 g/mol. The minimum absolute atomic E-state index is 0.0201. The number of ether oxygens (including phenoxy) is 1. The Morgan fingerprint density at radius 3 is 2.22 bits per heavy atom. The molecule has 1 unspecified atom stereocenters. The topological polar surface area (TPSA) is 158 Å². The van der Waals surface area contributed by atoms with E-state index in [9.17, 15) is 36.4 Å². The first-order valence-electron chi connectivity index (χ1n) is 15.2. The summed E-state index contributed by atoms with van der Waals surface area (Å²) in [6, 6.07) is 19.1. The number of hydrazine groups is 1. The second kappa shape index (κ2) is 15.4. The van der Waals surface area contributed by atoms with E-state index in [1.807, 2.05) is 11.6 Å². The molecule has 0 radical (unpaired) electrons. The van der Waals surface area contributed by atoms with Crippen LogP contribution >= 0.6 is 0 Å². The van der Waals surface area contributed by atoms with E-state index < -0.39 is 46.1 Å². The van der Waals surface area contributed by atoms with Gasteiger partial charge in [0.25, 0.3) is 22.2 Å². The molecule has 0 aliphatic rings. The summed E-state index contributed by atoms with van der Waals surface area (Å²) >= 11 is 0. The smallest absolute Gasteiger partial charge is 0.435 e. The number of sulfonamides is 1. The Labute approximate surface area is 286 Å². The number of alkyl halides is 3. The predicted molar refractivity (Wildman–Crippen MR) is 174 cm³/mol. The van der Waals surface area contributed by atoms with E-state index in [0.29, 0.717) is 5.56 Å². The highest BCUT2D eigenvalue weighted by molar-refractivity contribution is 7.90. The fourth-order valence-corrected chi connectivity index (χ4v) is 5.66. The highest BCUT2D eigenvalue weighted by Crippen LogP contribution is 2.33. The van der Waals surface area contributed by atoms with E-state index in [4.69, 9.17) is 9.57 Å². The number of carbonyl (C=O) groups excluding carboxylic acids is 2. The molecule has 1 heterocycles. The molecule has 266 valence electrons. The third kappa shape index (κ3) is 9.37. The molecule has 3 aromatic carbocycles. The maximum atomic E-state index is 13.6. The maximum Gasteiger partial charge on any atom is 0.435 e. The van der Waals surface area contributed by atoms with Crippen LogP contribution in [0.4, 0.5) is 13.2 Å². The zero-order valence-electron chi connectivity index (χ0n) is 27.7. The van der Waals surface area contributed by atoms with Crippen molar-refractivity contribution >= 4 is 21.9 Å². The molecule has 0 spiro atoms. The van der Waals surface area contributed by atoms with E-state index in [1.54, 1.807) is 56.3 Å². The molecule has 50 heavy (non-hydrogen) atoms. The van der Waals surface area contributed by atoms with Crippen LogP contribution in [-0.2, 0) is 30.6 Å². The molecule has 0 saturated carbocycles. The summed E-state index contributed by atoms with van der Waals surface area (Å²) in [5, 5.41) is 20.6. The van der Waals surface area contributed by atoms with Gasteiger partial charge in [0, 0.05) is 12.5 Å². The van der Waals surface area contributed by atoms with Crippen molar-refractivity contribution in [1.29, 1.82) is 0 Å². The number of likely N-dealkylation sites (N-methyl/N-ethyl adjacent to an activating group) is 1. The van der Waals surface area contributed by atoms with Gasteiger partial charge in [-0.3, -0.25) is 9.63 Å². The van der Waals surface area contributed by atoms with Gasteiger partial charge in [-0.15, -0.1) is 5.01 Å². The fourth-order valence-electron chi connectivity index (χ4n) is 4.65. The molecule has 1 amide bonds. The van der Waals surface area contributed by atoms with Crippen molar-refractivity contribution < 1.29 is 45.7 Å². The number of carbonyl (C=O) groups is 2. The number of aryl methyl sites for hydroxylation is 1.